The minimum Gasteiger partial charge on any atom is -0.478 e. The molecule has 0 unspecified atom stereocenters. The molecule has 0 saturated carbocycles. The molecule has 0 aliphatic carbocycles. The predicted octanol–water partition coefficient (Wildman–Crippen LogP) is 1.56. The van der Waals surface area contributed by atoms with Gasteiger partial charge in [0.2, 0.25) is 0 Å². The first-order valence-corrected chi connectivity index (χ1v) is 6.33. The number of halogens is 1. The van der Waals surface area contributed by atoms with Crippen molar-refractivity contribution < 1.29 is 14.3 Å². The fourth-order valence-corrected chi connectivity index (χ4v) is 2.17. The second-order valence-electron chi connectivity index (χ2n) is 3.90. The lowest BCUT2D eigenvalue weighted by Crippen LogP contribution is -2.14. The number of nitrogens with one attached hydrogen (secondary N) is 2. The third-order valence-electron chi connectivity index (χ3n) is 2.48. The number of carboxylic acid groups (broad SMARTS) is 1. The smallest absolute Gasteiger partial charge is 0.338 e. The van der Waals surface area contributed by atoms with Gasteiger partial charge < -0.3 is 15.4 Å². The van der Waals surface area contributed by atoms with Gasteiger partial charge in [0, 0.05) is 24.2 Å². The van der Waals surface area contributed by atoms with Crippen LogP contribution in [0.15, 0.2) is 28.4 Å². The zero-order valence-electron chi connectivity index (χ0n) is 9.77. The van der Waals surface area contributed by atoms with Gasteiger partial charge in [0.15, 0.2) is 0 Å². The van der Waals surface area contributed by atoms with Gasteiger partial charge >= 0.3 is 10.8 Å². The van der Waals surface area contributed by atoms with Crippen molar-refractivity contribution in [3.8, 4) is 0 Å². The Morgan fingerprint density at radius 2 is 2.21 bits per heavy atom. The van der Waals surface area contributed by atoms with Gasteiger partial charge in [0.25, 0.3) is 0 Å². The molecule has 0 saturated heterocycles. The van der Waals surface area contributed by atoms with Crippen LogP contribution in [0.3, 0.4) is 0 Å². The molecule has 0 aliphatic heterocycles. The predicted molar refractivity (Wildman–Crippen MR) is 68.8 cm³/mol. The van der Waals surface area contributed by atoms with Crippen LogP contribution in [0.1, 0.15) is 21.6 Å². The van der Waals surface area contributed by atoms with Gasteiger partial charge in [0.1, 0.15) is 5.82 Å². The molecule has 3 N–H and O–H groups in total. The zero-order valence-corrected chi connectivity index (χ0v) is 10.6. The molecule has 0 atom stereocenters. The average molecular weight is 282 g/mol. The summed E-state index contributed by atoms with van der Waals surface area (Å²) in [6.07, 6.45) is 0. The molecule has 2 rings (SSSR count). The highest BCUT2D eigenvalue weighted by atomic mass is 32.1. The first-order valence-electron chi connectivity index (χ1n) is 5.45. The van der Waals surface area contributed by atoms with Crippen LogP contribution >= 0.6 is 11.3 Å². The Morgan fingerprint density at radius 3 is 2.79 bits per heavy atom. The van der Waals surface area contributed by atoms with Crippen LogP contribution < -0.4 is 10.2 Å². The molecule has 100 valence electrons. The molecule has 0 radical (unpaired) electrons. The Hall–Kier alpha value is -1.99. The molecule has 19 heavy (non-hydrogen) atoms. The monoisotopic (exact) mass is 282 g/mol. The summed E-state index contributed by atoms with van der Waals surface area (Å²) in [5, 5.41) is 13.4. The van der Waals surface area contributed by atoms with Crippen molar-refractivity contribution >= 4 is 17.3 Å². The van der Waals surface area contributed by atoms with E-state index in [1.54, 1.807) is 11.4 Å². The van der Waals surface area contributed by atoms with Gasteiger partial charge in [-0.1, -0.05) is 17.4 Å². The Morgan fingerprint density at radius 1 is 1.42 bits per heavy atom. The number of hydrogen-bond acceptors (Lipinski definition) is 4. The maximum Gasteiger partial charge on any atom is 0.338 e. The number of rotatable bonds is 5. The highest BCUT2D eigenvalue weighted by Gasteiger charge is 2.10. The van der Waals surface area contributed by atoms with E-state index in [1.807, 2.05) is 0 Å². The van der Waals surface area contributed by atoms with Crippen molar-refractivity contribution in [2.75, 3.05) is 0 Å². The highest BCUT2D eigenvalue weighted by Crippen LogP contribution is 2.10. The fraction of sp³-hybridized carbons (Fsp3) is 0.167. The summed E-state index contributed by atoms with van der Waals surface area (Å²) < 4.78 is 13.4. The van der Waals surface area contributed by atoms with Crippen LogP contribution in [0.4, 0.5) is 4.39 Å². The zero-order chi connectivity index (χ0) is 13.8. The molecular weight excluding hydrogens is 271 g/mol. The van der Waals surface area contributed by atoms with Crippen molar-refractivity contribution in [3.05, 3.63) is 55.9 Å². The molecule has 1 heterocycles. The second kappa shape index (κ2) is 5.77. The Bertz CT molecular complexity index is 650. The largest absolute Gasteiger partial charge is 0.478 e. The topological polar surface area (TPSA) is 82.2 Å². The van der Waals surface area contributed by atoms with Crippen LogP contribution in [0.25, 0.3) is 0 Å². The molecule has 0 fully saturated rings. The highest BCUT2D eigenvalue weighted by molar-refractivity contribution is 7.07. The van der Waals surface area contributed by atoms with Gasteiger partial charge in [-0.05, 0) is 17.7 Å². The number of thiazole rings is 1. The van der Waals surface area contributed by atoms with Crippen molar-refractivity contribution in [1.29, 1.82) is 0 Å². The molecule has 0 aliphatic rings. The Labute approximate surface area is 111 Å². The number of aromatic carboxylic acids is 1. The van der Waals surface area contributed by atoms with Gasteiger partial charge in [-0.25, -0.2) is 9.18 Å². The lowest BCUT2D eigenvalue weighted by Gasteiger charge is -2.05. The van der Waals surface area contributed by atoms with E-state index >= 15 is 0 Å². The number of benzene rings is 1. The number of aromatic nitrogens is 1. The molecule has 1 aromatic heterocycles. The molecule has 7 heteroatoms. The van der Waals surface area contributed by atoms with Crippen molar-refractivity contribution in [2.24, 2.45) is 0 Å². The first kappa shape index (κ1) is 13.4. The average Bonchev–Trinajstić information content (AvgIpc) is 2.75. The van der Waals surface area contributed by atoms with Crippen LogP contribution in [0.2, 0.25) is 0 Å². The number of carbonyl (C=O) groups is 1. The minimum atomic E-state index is -1.28. The summed E-state index contributed by atoms with van der Waals surface area (Å²) in [4.78, 5) is 24.1. The van der Waals surface area contributed by atoms with Gasteiger partial charge in [0.05, 0.1) is 5.56 Å². The summed E-state index contributed by atoms with van der Waals surface area (Å²) in [6, 6.07) is 3.98. The summed E-state index contributed by atoms with van der Waals surface area (Å²) in [6.45, 7) is 0.843. The number of hydrogen-bond donors (Lipinski definition) is 3. The van der Waals surface area contributed by atoms with E-state index in [9.17, 15) is 14.0 Å². The number of aromatic amines is 1. The molecular formula is C12H11FN2O3S. The van der Waals surface area contributed by atoms with Crippen LogP contribution in [-0.4, -0.2) is 16.1 Å². The van der Waals surface area contributed by atoms with Crippen molar-refractivity contribution in [3.63, 3.8) is 0 Å². The van der Waals surface area contributed by atoms with E-state index in [0.717, 1.165) is 17.0 Å². The summed E-state index contributed by atoms with van der Waals surface area (Å²) >= 11 is 1.08. The third kappa shape index (κ3) is 3.49. The maximum atomic E-state index is 13.4. The SMILES string of the molecule is O=C(O)c1ccc(CNCc2csc(=O)[nH]2)cc1F. The summed E-state index contributed by atoms with van der Waals surface area (Å²) in [5.41, 5.74) is 1.06. The second-order valence-corrected chi connectivity index (χ2v) is 4.74. The number of H-pyrrole nitrogens is 1. The Balaban J connectivity index is 1.95. The normalized spacial score (nSPS) is 10.6. The van der Waals surface area contributed by atoms with E-state index in [0.29, 0.717) is 18.7 Å². The molecule has 0 bridgehead atoms. The molecule has 1 aromatic carbocycles. The fourth-order valence-electron chi connectivity index (χ4n) is 1.58. The van der Waals surface area contributed by atoms with Gasteiger partial charge in [-0.3, -0.25) is 4.79 Å². The van der Waals surface area contributed by atoms with E-state index in [1.165, 1.54) is 12.1 Å². The summed E-state index contributed by atoms with van der Waals surface area (Å²) in [5.74, 6) is -2.04. The van der Waals surface area contributed by atoms with Crippen LogP contribution in [-0.2, 0) is 13.1 Å². The van der Waals surface area contributed by atoms with Crippen molar-refractivity contribution in [2.45, 2.75) is 13.1 Å². The maximum absolute atomic E-state index is 13.4. The van der Waals surface area contributed by atoms with Crippen molar-refractivity contribution in [1.82, 2.24) is 10.3 Å². The molecule has 2 aromatic rings. The van der Waals surface area contributed by atoms with Gasteiger partial charge in [-0.15, -0.1) is 0 Å². The van der Waals surface area contributed by atoms with Crippen LogP contribution in [0.5, 0.6) is 0 Å². The molecule has 5 nitrogen and oxygen atoms in total. The van der Waals surface area contributed by atoms with E-state index < -0.39 is 11.8 Å². The minimum absolute atomic E-state index is 0.117. The lowest BCUT2D eigenvalue weighted by atomic mass is 10.1. The molecule has 0 spiro atoms. The van der Waals surface area contributed by atoms with E-state index in [2.05, 4.69) is 10.3 Å². The lowest BCUT2D eigenvalue weighted by molar-refractivity contribution is 0.0692. The van der Waals surface area contributed by atoms with E-state index in [4.69, 9.17) is 5.11 Å². The first-order chi connectivity index (χ1) is 9.06. The molecule has 0 amide bonds. The van der Waals surface area contributed by atoms with Crippen LogP contribution in [0, 0.1) is 5.82 Å². The standard InChI is InChI=1S/C12H11FN2O3S/c13-10-3-7(1-2-9(10)11(16)17)4-14-5-8-6-19-12(18)15-8/h1-3,6,14H,4-5H2,(H,15,18)(H,16,17). The Kier molecular flexibility index (Phi) is 4.08. The van der Waals surface area contributed by atoms with Gasteiger partial charge in [-0.2, -0.15) is 0 Å². The third-order valence-corrected chi connectivity index (χ3v) is 3.20. The quantitative estimate of drug-likeness (QED) is 0.777. The number of carboxylic acids is 1. The summed E-state index contributed by atoms with van der Waals surface area (Å²) in [7, 11) is 0. The van der Waals surface area contributed by atoms with E-state index in [-0.39, 0.29) is 10.4 Å².